The molecule has 0 aliphatic heterocycles. The second-order valence-electron chi connectivity index (χ2n) is 4.22. The summed E-state index contributed by atoms with van der Waals surface area (Å²) in [6.07, 6.45) is 7.23. The molecule has 4 heteroatoms. The van der Waals surface area contributed by atoms with Crippen LogP contribution in [0.5, 0.6) is 0 Å². The van der Waals surface area contributed by atoms with E-state index in [1.807, 2.05) is 6.20 Å². The van der Waals surface area contributed by atoms with Gasteiger partial charge in [0, 0.05) is 23.7 Å². The lowest BCUT2D eigenvalue weighted by Gasteiger charge is -2.20. The average Bonchev–Trinajstić information content (AvgIpc) is 2.98. The van der Waals surface area contributed by atoms with E-state index in [4.69, 9.17) is 5.73 Å². The molecule has 1 aliphatic carbocycles. The molecule has 0 saturated heterocycles. The maximum atomic E-state index is 5.64. The summed E-state index contributed by atoms with van der Waals surface area (Å²) in [5.74, 6) is 0. The Hall–Kier alpha value is -0.610. The van der Waals surface area contributed by atoms with Gasteiger partial charge < -0.3 is 5.73 Å². The van der Waals surface area contributed by atoms with E-state index in [9.17, 15) is 0 Å². The van der Waals surface area contributed by atoms with Crippen LogP contribution >= 0.6 is 11.3 Å². The minimum absolute atomic E-state index is 0.691. The molecule has 0 amide bonds. The van der Waals surface area contributed by atoms with Crippen molar-refractivity contribution in [2.24, 2.45) is 0 Å². The molecule has 2 rings (SSSR count). The van der Waals surface area contributed by atoms with E-state index in [0.29, 0.717) is 5.13 Å². The zero-order valence-corrected chi connectivity index (χ0v) is 10.1. The Morgan fingerprint density at radius 2 is 2.40 bits per heavy atom. The van der Waals surface area contributed by atoms with E-state index >= 15 is 0 Å². The van der Waals surface area contributed by atoms with Gasteiger partial charge in [0.05, 0.1) is 0 Å². The van der Waals surface area contributed by atoms with Crippen molar-refractivity contribution < 1.29 is 0 Å². The van der Waals surface area contributed by atoms with Crippen molar-refractivity contribution >= 4 is 16.5 Å². The standard InChI is InChI=1S/C11H19N3S/c1-2-3-6-14(9-4-5-9)8-10-7-13-11(12)15-10/h7,9H,2-6,8H2,1H3,(H2,12,13). The van der Waals surface area contributed by atoms with E-state index in [1.165, 1.54) is 37.1 Å². The van der Waals surface area contributed by atoms with Gasteiger partial charge in [0.15, 0.2) is 5.13 Å². The van der Waals surface area contributed by atoms with Gasteiger partial charge in [-0.15, -0.1) is 11.3 Å². The zero-order chi connectivity index (χ0) is 10.7. The van der Waals surface area contributed by atoms with Crippen molar-refractivity contribution in [1.29, 1.82) is 0 Å². The summed E-state index contributed by atoms with van der Waals surface area (Å²) >= 11 is 1.62. The highest BCUT2D eigenvalue weighted by Gasteiger charge is 2.28. The molecule has 1 aliphatic rings. The van der Waals surface area contributed by atoms with Crippen LogP contribution in [0.25, 0.3) is 0 Å². The monoisotopic (exact) mass is 225 g/mol. The average molecular weight is 225 g/mol. The number of nitrogen functional groups attached to an aromatic ring is 1. The molecule has 1 saturated carbocycles. The molecule has 1 heterocycles. The summed E-state index contributed by atoms with van der Waals surface area (Å²) in [5.41, 5.74) is 5.64. The lowest BCUT2D eigenvalue weighted by molar-refractivity contribution is 0.253. The second-order valence-corrected chi connectivity index (χ2v) is 5.37. The molecule has 3 nitrogen and oxygen atoms in total. The Bertz CT molecular complexity index is 307. The number of unbranched alkanes of at least 4 members (excludes halogenated alkanes) is 1. The van der Waals surface area contributed by atoms with E-state index in [-0.39, 0.29) is 0 Å². The Kier molecular flexibility index (Phi) is 3.59. The van der Waals surface area contributed by atoms with Crippen LogP contribution in [0.15, 0.2) is 6.20 Å². The number of aromatic nitrogens is 1. The van der Waals surface area contributed by atoms with Crippen LogP contribution < -0.4 is 5.73 Å². The Morgan fingerprint density at radius 1 is 1.60 bits per heavy atom. The van der Waals surface area contributed by atoms with Crippen molar-refractivity contribution in [3.63, 3.8) is 0 Å². The van der Waals surface area contributed by atoms with E-state index in [2.05, 4.69) is 16.8 Å². The van der Waals surface area contributed by atoms with Crippen LogP contribution in [-0.2, 0) is 6.54 Å². The van der Waals surface area contributed by atoms with Gasteiger partial charge in [-0.3, -0.25) is 4.90 Å². The zero-order valence-electron chi connectivity index (χ0n) is 9.28. The lowest BCUT2D eigenvalue weighted by atomic mass is 10.3. The third kappa shape index (κ3) is 3.18. The summed E-state index contributed by atoms with van der Waals surface area (Å²) in [6.45, 7) is 4.51. The van der Waals surface area contributed by atoms with Gasteiger partial charge in [0.1, 0.15) is 0 Å². The fourth-order valence-electron chi connectivity index (χ4n) is 1.79. The van der Waals surface area contributed by atoms with Gasteiger partial charge in [0.25, 0.3) is 0 Å². The van der Waals surface area contributed by atoms with Crippen LogP contribution in [-0.4, -0.2) is 22.5 Å². The smallest absolute Gasteiger partial charge is 0.180 e. The van der Waals surface area contributed by atoms with Crippen LogP contribution in [0, 0.1) is 0 Å². The van der Waals surface area contributed by atoms with E-state index in [0.717, 1.165) is 12.6 Å². The van der Waals surface area contributed by atoms with Crippen molar-refractivity contribution in [3.8, 4) is 0 Å². The van der Waals surface area contributed by atoms with Gasteiger partial charge in [-0.25, -0.2) is 4.98 Å². The fourth-order valence-corrected chi connectivity index (χ4v) is 2.50. The maximum Gasteiger partial charge on any atom is 0.180 e. The van der Waals surface area contributed by atoms with Crippen molar-refractivity contribution in [3.05, 3.63) is 11.1 Å². The minimum Gasteiger partial charge on any atom is -0.375 e. The molecule has 84 valence electrons. The molecular formula is C11H19N3S. The number of hydrogen-bond donors (Lipinski definition) is 1. The Morgan fingerprint density at radius 3 is 2.93 bits per heavy atom. The van der Waals surface area contributed by atoms with Gasteiger partial charge >= 0.3 is 0 Å². The van der Waals surface area contributed by atoms with Gasteiger partial charge in [-0.1, -0.05) is 13.3 Å². The van der Waals surface area contributed by atoms with Gasteiger partial charge in [-0.2, -0.15) is 0 Å². The van der Waals surface area contributed by atoms with Gasteiger partial charge in [0.2, 0.25) is 0 Å². The first-order valence-corrected chi connectivity index (χ1v) is 6.55. The summed E-state index contributed by atoms with van der Waals surface area (Å²) in [6, 6.07) is 0.833. The molecule has 0 unspecified atom stereocenters. The molecule has 2 N–H and O–H groups in total. The largest absolute Gasteiger partial charge is 0.375 e. The minimum atomic E-state index is 0.691. The normalized spacial score (nSPS) is 16.1. The van der Waals surface area contributed by atoms with E-state index < -0.39 is 0 Å². The second kappa shape index (κ2) is 4.94. The highest BCUT2D eigenvalue weighted by atomic mass is 32.1. The number of anilines is 1. The first-order chi connectivity index (χ1) is 7.29. The topological polar surface area (TPSA) is 42.2 Å². The number of hydrogen-bond acceptors (Lipinski definition) is 4. The Balaban J connectivity index is 1.88. The van der Waals surface area contributed by atoms with E-state index in [1.54, 1.807) is 11.3 Å². The molecule has 1 aromatic heterocycles. The third-order valence-corrected chi connectivity index (χ3v) is 3.60. The number of nitrogens with two attached hydrogens (primary N) is 1. The molecule has 0 radical (unpaired) electrons. The van der Waals surface area contributed by atoms with Crippen molar-refractivity contribution in [2.75, 3.05) is 12.3 Å². The molecule has 1 aromatic rings. The highest BCUT2D eigenvalue weighted by molar-refractivity contribution is 7.15. The molecule has 0 atom stereocenters. The third-order valence-electron chi connectivity index (χ3n) is 2.79. The molecular weight excluding hydrogens is 206 g/mol. The fraction of sp³-hybridized carbons (Fsp3) is 0.727. The van der Waals surface area contributed by atoms with Crippen molar-refractivity contribution in [1.82, 2.24) is 9.88 Å². The number of rotatable bonds is 6. The van der Waals surface area contributed by atoms with Crippen LogP contribution in [0.3, 0.4) is 0 Å². The lowest BCUT2D eigenvalue weighted by Crippen LogP contribution is -2.26. The van der Waals surface area contributed by atoms with Crippen molar-refractivity contribution in [2.45, 2.75) is 45.2 Å². The predicted molar refractivity (Wildman–Crippen MR) is 64.9 cm³/mol. The first-order valence-electron chi connectivity index (χ1n) is 5.74. The maximum absolute atomic E-state index is 5.64. The molecule has 0 aromatic carbocycles. The molecule has 0 spiro atoms. The quantitative estimate of drug-likeness (QED) is 0.808. The first kappa shape index (κ1) is 10.9. The highest BCUT2D eigenvalue weighted by Crippen LogP contribution is 2.29. The summed E-state index contributed by atoms with van der Waals surface area (Å²) in [4.78, 5) is 7.98. The van der Waals surface area contributed by atoms with Gasteiger partial charge in [-0.05, 0) is 25.8 Å². The summed E-state index contributed by atoms with van der Waals surface area (Å²) < 4.78 is 0. The SMILES string of the molecule is CCCCN(Cc1cnc(N)s1)C1CC1. The summed E-state index contributed by atoms with van der Waals surface area (Å²) in [7, 11) is 0. The predicted octanol–water partition coefficient (Wildman–Crippen LogP) is 2.49. The van der Waals surface area contributed by atoms with Crippen LogP contribution in [0.4, 0.5) is 5.13 Å². The number of nitrogens with zero attached hydrogens (tertiary/aromatic N) is 2. The van der Waals surface area contributed by atoms with Crippen LogP contribution in [0.2, 0.25) is 0 Å². The molecule has 0 bridgehead atoms. The molecule has 1 fully saturated rings. The molecule has 15 heavy (non-hydrogen) atoms. The summed E-state index contributed by atoms with van der Waals surface area (Å²) in [5, 5.41) is 0.691. The Labute approximate surface area is 95.3 Å². The number of thiazole rings is 1. The van der Waals surface area contributed by atoms with Crippen LogP contribution in [0.1, 0.15) is 37.5 Å².